The molecule has 1 amide bonds. The summed E-state index contributed by atoms with van der Waals surface area (Å²) in [5, 5.41) is 2.89. The topological polar surface area (TPSA) is 58.4 Å². The molecule has 5 heteroatoms. The summed E-state index contributed by atoms with van der Waals surface area (Å²) >= 11 is 3.32. The lowest BCUT2D eigenvalue weighted by molar-refractivity contribution is 0.0952. The Kier molecular flexibility index (Phi) is 6.31. The van der Waals surface area contributed by atoms with Gasteiger partial charge in [-0.15, -0.1) is 0 Å². The smallest absolute Gasteiger partial charge is 0.253 e. The van der Waals surface area contributed by atoms with Gasteiger partial charge in [-0.2, -0.15) is 0 Å². The zero-order valence-electron chi connectivity index (χ0n) is 11.7. The maximum absolute atomic E-state index is 11.9. The normalized spacial score (nSPS) is 11.1. The summed E-state index contributed by atoms with van der Waals surface area (Å²) in [6, 6.07) is 5.81. The number of nitrogens with one attached hydrogen (secondary N) is 1. The lowest BCUT2D eigenvalue weighted by atomic mass is 10.1. The number of anilines is 1. The van der Waals surface area contributed by atoms with Crippen LogP contribution in [0, 0.1) is 0 Å². The fourth-order valence-electron chi connectivity index (χ4n) is 1.62. The van der Waals surface area contributed by atoms with Crippen molar-refractivity contribution in [2.75, 3.05) is 25.9 Å². The molecule has 0 bridgehead atoms. The first-order valence-corrected chi connectivity index (χ1v) is 7.24. The van der Waals surface area contributed by atoms with Gasteiger partial charge in [0.25, 0.3) is 5.91 Å². The quantitative estimate of drug-likeness (QED) is 0.623. The average molecular weight is 328 g/mol. The summed E-state index contributed by atoms with van der Waals surface area (Å²) in [6.45, 7) is 5.93. The SMILES string of the molecule is CC(C)N(C)CCCNC(=O)c1ccc(Br)cc1N. The molecule has 19 heavy (non-hydrogen) atoms. The van der Waals surface area contributed by atoms with Crippen molar-refractivity contribution in [1.82, 2.24) is 10.2 Å². The van der Waals surface area contributed by atoms with Crippen LogP contribution in [-0.4, -0.2) is 37.0 Å². The Morgan fingerprint density at radius 3 is 2.74 bits per heavy atom. The third-order valence-corrected chi connectivity index (χ3v) is 3.61. The fraction of sp³-hybridized carbons (Fsp3) is 0.500. The maximum Gasteiger partial charge on any atom is 0.253 e. The largest absolute Gasteiger partial charge is 0.398 e. The number of nitrogens with zero attached hydrogens (tertiary/aromatic N) is 1. The molecule has 0 unspecified atom stereocenters. The molecule has 0 saturated carbocycles. The van der Waals surface area contributed by atoms with Crippen molar-refractivity contribution in [2.24, 2.45) is 0 Å². The fourth-order valence-corrected chi connectivity index (χ4v) is 2.00. The Hall–Kier alpha value is -1.07. The van der Waals surface area contributed by atoms with Gasteiger partial charge in [0.2, 0.25) is 0 Å². The summed E-state index contributed by atoms with van der Waals surface area (Å²) in [5.74, 6) is -0.114. The zero-order chi connectivity index (χ0) is 14.4. The van der Waals surface area contributed by atoms with Crippen LogP contribution in [0.5, 0.6) is 0 Å². The molecule has 1 rings (SSSR count). The van der Waals surface area contributed by atoms with E-state index < -0.39 is 0 Å². The highest BCUT2D eigenvalue weighted by Crippen LogP contribution is 2.18. The Bertz CT molecular complexity index is 435. The Morgan fingerprint density at radius 1 is 1.47 bits per heavy atom. The molecule has 0 aliphatic carbocycles. The maximum atomic E-state index is 11.9. The van der Waals surface area contributed by atoms with Crippen LogP contribution < -0.4 is 11.1 Å². The van der Waals surface area contributed by atoms with E-state index in [1.165, 1.54) is 0 Å². The van der Waals surface area contributed by atoms with Crippen LogP contribution in [0.25, 0.3) is 0 Å². The molecule has 106 valence electrons. The lowest BCUT2D eigenvalue weighted by Gasteiger charge is -2.20. The molecule has 0 atom stereocenters. The lowest BCUT2D eigenvalue weighted by Crippen LogP contribution is -2.31. The number of hydrogen-bond donors (Lipinski definition) is 2. The predicted octanol–water partition coefficient (Wildman–Crippen LogP) is 2.49. The molecule has 4 nitrogen and oxygen atoms in total. The number of nitrogen functional groups attached to an aromatic ring is 1. The first-order chi connectivity index (χ1) is 8.91. The molecule has 0 radical (unpaired) electrons. The molecule has 1 aromatic carbocycles. The van der Waals surface area contributed by atoms with E-state index >= 15 is 0 Å². The van der Waals surface area contributed by atoms with Crippen LogP contribution in [0.3, 0.4) is 0 Å². The van der Waals surface area contributed by atoms with Gasteiger partial charge >= 0.3 is 0 Å². The minimum absolute atomic E-state index is 0.114. The third kappa shape index (κ3) is 5.20. The minimum Gasteiger partial charge on any atom is -0.398 e. The van der Waals surface area contributed by atoms with Crippen molar-refractivity contribution in [2.45, 2.75) is 26.3 Å². The van der Waals surface area contributed by atoms with Gasteiger partial charge < -0.3 is 16.0 Å². The van der Waals surface area contributed by atoms with Gasteiger partial charge in [0.1, 0.15) is 0 Å². The molecule has 3 N–H and O–H groups in total. The van der Waals surface area contributed by atoms with Gasteiger partial charge in [-0.3, -0.25) is 4.79 Å². The van der Waals surface area contributed by atoms with E-state index in [9.17, 15) is 4.79 Å². The monoisotopic (exact) mass is 327 g/mol. The summed E-state index contributed by atoms with van der Waals surface area (Å²) in [4.78, 5) is 14.2. The van der Waals surface area contributed by atoms with Crippen molar-refractivity contribution < 1.29 is 4.79 Å². The molecule has 0 fully saturated rings. The van der Waals surface area contributed by atoms with E-state index in [1.54, 1.807) is 12.1 Å². The summed E-state index contributed by atoms with van der Waals surface area (Å²) in [7, 11) is 2.08. The molecule has 0 aromatic heterocycles. The van der Waals surface area contributed by atoms with Crippen LogP contribution in [0.1, 0.15) is 30.6 Å². The van der Waals surface area contributed by atoms with E-state index in [0.29, 0.717) is 23.8 Å². The van der Waals surface area contributed by atoms with Crippen LogP contribution in [0.15, 0.2) is 22.7 Å². The summed E-state index contributed by atoms with van der Waals surface area (Å²) in [5.41, 5.74) is 6.84. The third-order valence-electron chi connectivity index (χ3n) is 3.11. The van der Waals surface area contributed by atoms with E-state index in [2.05, 4.69) is 47.0 Å². The second-order valence-corrected chi connectivity index (χ2v) is 5.83. The van der Waals surface area contributed by atoms with E-state index in [-0.39, 0.29) is 5.91 Å². The highest BCUT2D eigenvalue weighted by Gasteiger charge is 2.09. The molecule has 1 aromatic rings. The van der Waals surface area contributed by atoms with Gasteiger partial charge in [0.05, 0.1) is 5.56 Å². The van der Waals surface area contributed by atoms with Crippen LogP contribution in [-0.2, 0) is 0 Å². The molecule has 0 aliphatic rings. The molecular weight excluding hydrogens is 306 g/mol. The van der Waals surface area contributed by atoms with Crippen LogP contribution in [0.2, 0.25) is 0 Å². The van der Waals surface area contributed by atoms with Crippen molar-refractivity contribution >= 4 is 27.5 Å². The zero-order valence-corrected chi connectivity index (χ0v) is 13.3. The van der Waals surface area contributed by atoms with E-state index in [4.69, 9.17) is 5.73 Å². The van der Waals surface area contributed by atoms with Gasteiger partial charge in [-0.1, -0.05) is 15.9 Å². The van der Waals surface area contributed by atoms with Crippen LogP contribution in [0.4, 0.5) is 5.69 Å². The van der Waals surface area contributed by atoms with Gasteiger partial charge in [0, 0.05) is 22.7 Å². The first-order valence-electron chi connectivity index (χ1n) is 6.45. The van der Waals surface area contributed by atoms with Gasteiger partial charge in [-0.05, 0) is 52.1 Å². The number of rotatable bonds is 6. The number of carbonyl (C=O) groups is 1. The standard InChI is InChI=1S/C14H22BrN3O/c1-10(2)18(3)8-4-7-17-14(19)12-6-5-11(15)9-13(12)16/h5-6,9-10H,4,7-8,16H2,1-3H3,(H,17,19). The second kappa shape index (κ2) is 7.50. The van der Waals surface area contributed by atoms with Crippen molar-refractivity contribution in [3.63, 3.8) is 0 Å². The van der Waals surface area contributed by atoms with Crippen molar-refractivity contribution in [3.05, 3.63) is 28.2 Å². The Labute approximate surface area is 123 Å². The van der Waals surface area contributed by atoms with Crippen molar-refractivity contribution in [1.29, 1.82) is 0 Å². The summed E-state index contributed by atoms with van der Waals surface area (Å²) < 4.78 is 0.875. The van der Waals surface area contributed by atoms with Gasteiger partial charge in [0.15, 0.2) is 0 Å². The number of amides is 1. The molecule has 0 heterocycles. The first kappa shape index (κ1) is 16.0. The Morgan fingerprint density at radius 2 is 2.16 bits per heavy atom. The molecule has 0 spiro atoms. The average Bonchev–Trinajstić information content (AvgIpc) is 2.33. The number of benzene rings is 1. The molecule has 0 aliphatic heterocycles. The van der Waals surface area contributed by atoms with Crippen molar-refractivity contribution in [3.8, 4) is 0 Å². The highest BCUT2D eigenvalue weighted by atomic mass is 79.9. The van der Waals surface area contributed by atoms with Gasteiger partial charge in [-0.25, -0.2) is 0 Å². The Balaban J connectivity index is 2.39. The summed E-state index contributed by atoms with van der Waals surface area (Å²) in [6.07, 6.45) is 0.927. The minimum atomic E-state index is -0.114. The van der Waals surface area contributed by atoms with E-state index in [1.807, 2.05) is 6.07 Å². The number of halogens is 1. The highest BCUT2D eigenvalue weighted by molar-refractivity contribution is 9.10. The second-order valence-electron chi connectivity index (χ2n) is 4.92. The molecular formula is C14H22BrN3O. The van der Waals surface area contributed by atoms with Crippen LogP contribution >= 0.6 is 15.9 Å². The molecule has 0 saturated heterocycles. The predicted molar refractivity (Wildman–Crippen MR) is 83.3 cm³/mol. The number of carbonyl (C=O) groups excluding carboxylic acids is 1. The van der Waals surface area contributed by atoms with E-state index in [0.717, 1.165) is 17.4 Å². The number of nitrogens with two attached hydrogens (primary N) is 1. The number of hydrogen-bond acceptors (Lipinski definition) is 3.